The van der Waals surface area contributed by atoms with Gasteiger partial charge in [-0.25, -0.2) is 0 Å². The minimum atomic E-state index is -0.506. The van der Waals surface area contributed by atoms with Gasteiger partial charge in [0.15, 0.2) is 0 Å². The summed E-state index contributed by atoms with van der Waals surface area (Å²) in [5.41, 5.74) is 2.16. The first-order chi connectivity index (χ1) is 11.1. The minimum absolute atomic E-state index is 0.0402. The Kier molecular flexibility index (Phi) is 4.35. The second kappa shape index (κ2) is 6.42. The number of halogens is 1. The second-order valence-corrected chi connectivity index (χ2v) is 6.14. The highest BCUT2D eigenvalue weighted by Crippen LogP contribution is 2.36. The number of oxime groups is 1. The lowest BCUT2D eigenvalue weighted by atomic mass is 9.83. The number of hydrogen-bond donors (Lipinski definition) is 1. The van der Waals surface area contributed by atoms with E-state index in [0.29, 0.717) is 17.3 Å². The summed E-state index contributed by atoms with van der Waals surface area (Å²) in [6.07, 6.45) is 0. The molecule has 1 N–H and O–H groups in total. The fraction of sp³-hybridized carbons (Fsp3) is 0.222. The Morgan fingerprint density at radius 1 is 1.17 bits per heavy atom. The van der Waals surface area contributed by atoms with E-state index in [1.807, 2.05) is 54.6 Å². The first-order valence-electron chi connectivity index (χ1n) is 7.39. The molecule has 1 heterocycles. The van der Waals surface area contributed by atoms with Crippen molar-refractivity contribution in [1.82, 2.24) is 4.90 Å². The highest BCUT2D eigenvalue weighted by Gasteiger charge is 2.43. The van der Waals surface area contributed by atoms with Crippen molar-refractivity contribution in [1.29, 1.82) is 0 Å². The summed E-state index contributed by atoms with van der Waals surface area (Å²) in [5.74, 6) is -0.619. The van der Waals surface area contributed by atoms with Gasteiger partial charge in [-0.05, 0) is 17.7 Å². The number of benzene rings is 2. The van der Waals surface area contributed by atoms with Crippen LogP contribution in [0.2, 0.25) is 5.02 Å². The smallest absolute Gasteiger partial charge is 0.232 e. The van der Waals surface area contributed by atoms with Gasteiger partial charge < -0.3 is 10.1 Å². The van der Waals surface area contributed by atoms with E-state index in [0.717, 1.165) is 11.1 Å². The van der Waals surface area contributed by atoms with Crippen molar-refractivity contribution in [2.24, 2.45) is 11.1 Å². The van der Waals surface area contributed by atoms with Crippen molar-refractivity contribution < 1.29 is 10.0 Å². The Bertz CT molecular complexity index is 728. The van der Waals surface area contributed by atoms with Crippen LogP contribution in [0.1, 0.15) is 17.0 Å². The summed E-state index contributed by atoms with van der Waals surface area (Å²) in [7, 11) is 1.77. The van der Waals surface area contributed by atoms with E-state index >= 15 is 0 Å². The molecule has 0 spiro atoms. The van der Waals surface area contributed by atoms with Crippen molar-refractivity contribution in [2.75, 3.05) is 13.6 Å². The van der Waals surface area contributed by atoms with E-state index in [4.69, 9.17) is 11.6 Å². The zero-order chi connectivity index (χ0) is 16.4. The van der Waals surface area contributed by atoms with Crippen molar-refractivity contribution in [2.45, 2.75) is 5.92 Å². The topological polar surface area (TPSA) is 52.9 Å². The fourth-order valence-electron chi connectivity index (χ4n) is 3.12. The van der Waals surface area contributed by atoms with Crippen molar-refractivity contribution in [3.8, 4) is 0 Å². The van der Waals surface area contributed by atoms with Gasteiger partial charge in [0.1, 0.15) is 0 Å². The molecule has 2 aromatic rings. The summed E-state index contributed by atoms with van der Waals surface area (Å²) < 4.78 is 0. The molecule has 118 valence electrons. The van der Waals surface area contributed by atoms with Crippen LogP contribution in [0.4, 0.5) is 0 Å². The summed E-state index contributed by atoms with van der Waals surface area (Å²) in [4.78, 5) is 14.3. The first-order valence-corrected chi connectivity index (χ1v) is 7.77. The van der Waals surface area contributed by atoms with E-state index in [-0.39, 0.29) is 11.8 Å². The number of amides is 1. The molecule has 4 nitrogen and oxygen atoms in total. The van der Waals surface area contributed by atoms with E-state index in [1.165, 1.54) is 0 Å². The summed E-state index contributed by atoms with van der Waals surface area (Å²) in [6.45, 7) is 0.580. The van der Waals surface area contributed by atoms with Crippen molar-refractivity contribution in [3.63, 3.8) is 0 Å². The van der Waals surface area contributed by atoms with Crippen LogP contribution in [-0.2, 0) is 4.79 Å². The molecule has 0 saturated carbocycles. The molecule has 1 amide bonds. The largest absolute Gasteiger partial charge is 0.411 e. The van der Waals surface area contributed by atoms with Gasteiger partial charge in [0.2, 0.25) is 5.91 Å². The summed E-state index contributed by atoms with van der Waals surface area (Å²) in [5, 5.41) is 13.7. The van der Waals surface area contributed by atoms with Crippen LogP contribution in [-0.4, -0.2) is 35.3 Å². The lowest BCUT2D eigenvalue weighted by Crippen LogP contribution is -2.29. The maximum Gasteiger partial charge on any atom is 0.232 e. The molecule has 2 aromatic carbocycles. The molecule has 2 atom stereocenters. The van der Waals surface area contributed by atoms with Gasteiger partial charge in [-0.1, -0.05) is 59.2 Å². The Balaban J connectivity index is 2.02. The Morgan fingerprint density at radius 2 is 1.83 bits per heavy atom. The van der Waals surface area contributed by atoms with Crippen molar-refractivity contribution >= 4 is 23.2 Å². The van der Waals surface area contributed by atoms with Crippen molar-refractivity contribution in [3.05, 3.63) is 70.7 Å². The highest BCUT2D eigenvalue weighted by atomic mass is 35.5. The average molecular weight is 329 g/mol. The molecule has 1 aliphatic heterocycles. The maximum atomic E-state index is 12.6. The fourth-order valence-corrected chi connectivity index (χ4v) is 3.25. The number of rotatable bonds is 3. The normalized spacial score (nSPS) is 21.7. The second-order valence-electron chi connectivity index (χ2n) is 5.71. The minimum Gasteiger partial charge on any atom is -0.411 e. The van der Waals surface area contributed by atoms with Crippen LogP contribution in [0.25, 0.3) is 0 Å². The SMILES string of the molecule is CN1C[C@@H](c2ccc(Cl)cc2)[C@H](/C(=N/O)c2ccccc2)C1=O. The number of nitrogens with zero attached hydrogens (tertiary/aromatic N) is 2. The van der Waals surface area contributed by atoms with Crippen LogP contribution in [0, 0.1) is 5.92 Å². The van der Waals surface area contributed by atoms with Crippen LogP contribution in [0.15, 0.2) is 59.8 Å². The quantitative estimate of drug-likeness (QED) is 0.533. The van der Waals surface area contributed by atoms with Gasteiger partial charge in [-0.3, -0.25) is 4.79 Å². The molecule has 0 radical (unpaired) electrons. The zero-order valence-electron chi connectivity index (χ0n) is 12.7. The Hall–Kier alpha value is -2.33. The van der Waals surface area contributed by atoms with Gasteiger partial charge in [-0.2, -0.15) is 0 Å². The summed E-state index contributed by atoms with van der Waals surface area (Å²) >= 11 is 5.96. The third kappa shape index (κ3) is 2.94. The number of carbonyl (C=O) groups is 1. The number of likely N-dealkylation sites (tertiary alicyclic amines) is 1. The third-order valence-electron chi connectivity index (χ3n) is 4.29. The van der Waals surface area contributed by atoms with Crippen LogP contribution >= 0.6 is 11.6 Å². The maximum absolute atomic E-state index is 12.6. The molecule has 1 aliphatic rings. The Labute approximate surface area is 140 Å². The first kappa shape index (κ1) is 15.6. The molecular formula is C18H17ClN2O2. The molecule has 5 heteroatoms. The van der Waals surface area contributed by atoms with Crippen LogP contribution < -0.4 is 0 Å². The molecule has 23 heavy (non-hydrogen) atoms. The van der Waals surface area contributed by atoms with Gasteiger partial charge in [0.05, 0.1) is 11.6 Å². The molecule has 1 fully saturated rings. The zero-order valence-corrected chi connectivity index (χ0v) is 13.4. The predicted molar refractivity (Wildman–Crippen MR) is 90.1 cm³/mol. The van der Waals surface area contributed by atoms with Crippen LogP contribution in [0.3, 0.4) is 0 Å². The lowest BCUT2D eigenvalue weighted by molar-refractivity contribution is -0.128. The molecule has 1 saturated heterocycles. The van der Waals surface area contributed by atoms with E-state index < -0.39 is 5.92 Å². The third-order valence-corrected chi connectivity index (χ3v) is 4.54. The molecule has 0 bridgehead atoms. The van der Waals surface area contributed by atoms with Gasteiger partial charge in [0.25, 0.3) is 0 Å². The van der Waals surface area contributed by atoms with E-state index in [1.54, 1.807) is 11.9 Å². The van der Waals surface area contributed by atoms with Gasteiger partial charge in [-0.15, -0.1) is 0 Å². The van der Waals surface area contributed by atoms with E-state index in [2.05, 4.69) is 5.16 Å². The molecule has 0 unspecified atom stereocenters. The molecule has 0 aromatic heterocycles. The number of carbonyl (C=O) groups excluding carboxylic acids is 1. The van der Waals surface area contributed by atoms with E-state index in [9.17, 15) is 10.0 Å². The van der Waals surface area contributed by atoms with Gasteiger partial charge in [0, 0.05) is 30.1 Å². The molecule has 0 aliphatic carbocycles. The monoisotopic (exact) mass is 328 g/mol. The summed E-state index contributed by atoms with van der Waals surface area (Å²) in [6, 6.07) is 16.8. The van der Waals surface area contributed by atoms with Crippen LogP contribution in [0.5, 0.6) is 0 Å². The number of likely N-dealkylation sites (N-methyl/N-ethyl adjacent to an activating group) is 1. The standard InChI is InChI=1S/C18H17ClN2O2/c1-21-11-15(12-7-9-14(19)10-8-12)16(18(21)22)17(20-23)13-5-3-2-4-6-13/h2-10,15-16,23H,11H2,1H3/b20-17+/t15-,16+/m0/s1. The molecular weight excluding hydrogens is 312 g/mol. The highest BCUT2D eigenvalue weighted by molar-refractivity contribution is 6.30. The molecule has 3 rings (SSSR count). The number of hydrogen-bond acceptors (Lipinski definition) is 3. The predicted octanol–water partition coefficient (Wildman–Crippen LogP) is 3.39. The lowest BCUT2D eigenvalue weighted by Gasteiger charge is -2.18. The van der Waals surface area contributed by atoms with Gasteiger partial charge >= 0.3 is 0 Å². The Morgan fingerprint density at radius 3 is 2.43 bits per heavy atom. The average Bonchev–Trinajstić information content (AvgIpc) is 2.86.